The lowest BCUT2D eigenvalue weighted by atomic mass is 14.9. The smallest absolute Gasteiger partial charge is 0.362 e. The summed E-state index contributed by atoms with van der Waals surface area (Å²) in [6, 6.07) is 0. The van der Waals surface area contributed by atoms with E-state index in [1.54, 1.807) is 0 Å². The predicted molar refractivity (Wildman–Crippen MR) is 19.2 cm³/mol. The molecule has 0 aromatic heterocycles. The molecule has 0 amide bonds. The first kappa shape index (κ1) is 10.0. The van der Waals surface area contributed by atoms with Crippen LogP contribution < -0.4 is 0 Å². The van der Waals surface area contributed by atoms with Gasteiger partial charge in [0, 0.05) is 0 Å². The van der Waals surface area contributed by atoms with E-state index in [0.29, 0.717) is 0 Å². The molecule has 4 N–H and O–H groups in total. The first-order valence-corrected chi connectivity index (χ1v) is 1.87. The molecular formula is H4O6S. The molecule has 7 heavy (non-hydrogen) atoms. The normalized spacial score (nSPS) is 8.43. The van der Waals surface area contributed by atoms with Crippen LogP contribution in [-0.2, 0) is 20.0 Å². The van der Waals surface area contributed by atoms with Gasteiger partial charge in [-0.15, -0.1) is 8.67 Å². The van der Waals surface area contributed by atoms with E-state index in [2.05, 4.69) is 8.67 Å². The van der Waals surface area contributed by atoms with Crippen molar-refractivity contribution in [1.82, 2.24) is 0 Å². The fourth-order valence-corrected chi connectivity index (χ4v) is 0.0408. The SMILES string of the molecule is O.O=S(OO)OO. The Balaban J connectivity index is 0. The van der Waals surface area contributed by atoms with Crippen molar-refractivity contribution in [3.05, 3.63) is 0 Å². The molecule has 0 radical (unpaired) electrons. The van der Waals surface area contributed by atoms with Crippen LogP contribution in [-0.4, -0.2) is 20.2 Å². The average molecular weight is 132 g/mol. The van der Waals surface area contributed by atoms with Crippen molar-refractivity contribution in [1.29, 1.82) is 0 Å². The molecule has 46 valence electrons. The van der Waals surface area contributed by atoms with Crippen molar-refractivity contribution in [3.8, 4) is 0 Å². The fourth-order valence-electron chi connectivity index (χ4n) is 0.0136. The molecule has 0 aliphatic carbocycles. The molecule has 0 aromatic carbocycles. The zero-order valence-corrected chi connectivity index (χ0v) is 3.84. The molecule has 0 aliphatic heterocycles. The Bertz CT molecular complexity index is 42.1. The lowest BCUT2D eigenvalue weighted by molar-refractivity contribution is -0.188. The Morgan fingerprint density at radius 1 is 1.29 bits per heavy atom. The maximum atomic E-state index is 9.35. The lowest BCUT2D eigenvalue weighted by Gasteiger charge is -1.81. The summed E-state index contributed by atoms with van der Waals surface area (Å²) in [6.07, 6.45) is 0. The van der Waals surface area contributed by atoms with Gasteiger partial charge < -0.3 is 5.48 Å². The average Bonchev–Trinajstić information content (AvgIpc) is 1.65. The first-order chi connectivity index (χ1) is 2.81. The van der Waals surface area contributed by atoms with Crippen LogP contribution in [0.2, 0.25) is 0 Å². The molecule has 0 unspecified atom stereocenters. The standard InChI is InChI=1S/H2O5S.H2O/c1-4-6(3)5-2;/h1-2H;1H2. The quantitative estimate of drug-likeness (QED) is 0.359. The van der Waals surface area contributed by atoms with E-state index in [1.807, 2.05) is 0 Å². The molecule has 0 heterocycles. The summed E-state index contributed by atoms with van der Waals surface area (Å²) in [5, 5.41) is 14.5. The van der Waals surface area contributed by atoms with Crippen molar-refractivity contribution in [2.24, 2.45) is 0 Å². The molecule has 0 fully saturated rings. The first-order valence-electron chi connectivity index (χ1n) is 0.865. The molecule has 0 saturated heterocycles. The van der Waals surface area contributed by atoms with Crippen LogP contribution >= 0.6 is 0 Å². The minimum Gasteiger partial charge on any atom is -0.412 e. The van der Waals surface area contributed by atoms with E-state index in [4.69, 9.17) is 10.5 Å². The van der Waals surface area contributed by atoms with Crippen LogP contribution in [0.3, 0.4) is 0 Å². The highest BCUT2D eigenvalue weighted by molar-refractivity contribution is 7.74. The summed E-state index contributed by atoms with van der Waals surface area (Å²) < 4.78 is 15.1. The summed E-state index contributed by atoms with van der Waals surface area (Å²) in [7, 11) is 0. The summed E-state index contributed by atoms with van der Waals surface area (Å²) in [6.45, 7) is 0. The van der Waals surface area contributed by atoms with Gasteiger partial charge in [-0.2, -0.15) is 4.21 Å². The van der Waals surface area contributed by atoms with Gasteiger partial charge in [0.05, 0.1) is 0 Å². The van der Waals surface area contributed by atoms with Gasteiger partial charge in [-0.3, -0.25) is 0 Å². The van der Waals surface area contributed by atoms with Gasteiger partial charge in [0.1, 0.15) is 0 Å². The third-order valence-electron chi connectivity index (χ3n) is 0.122. The maximum absolute atomic E-state index is 9.35. The van der Waals surface area contributed by atoms with Crippen LogP contribution in [0, 0.1) is 0 Å². The van der Waals surface area contributed by atoms with Gasteiger partial charge in [0.15, 0.2) is 0 Å². The zero-order chi connectivity index (χ0) is 4.99. The van der Waals surface area contributed by atoms with Crippen molar-refractivity contribution in [2.75, 3.05) is 0 Å². The molecule has 0 aromatic rings. The highest BCUT2D eigenvalue weighted by Gasteiger charge is 1.90. The van der Waals surface area contributed by atoms with E-state index >= 15 is 0 Å². The lowest BCUT2D eigenvalue weighted by Crippen LogP contribution is -1.92. The van der Waals surface area contributed by atoms with E-state index in [1.165, 1.54) is 0 Å². The molecule has 0 spiro atoms. The number of rotatable bonds is 2. The van der Waals surface area contributed by atoms with Gasteiger partial charge in [-0.25, -0.2) is 10.5 Å². The summed E-state index contributed by atoms with van der Waals surface area (Å²) in [5.41, 5.74) is 0. The molecule has 0 atom stereocenters. The maximum Gasteiger partial charge on any atom is 0.362 e. The molecule has 0 saturated carbocycles. The van der Waals surface area contributed by atoms with Crippen LogP contribution in [0.15, 0.2) is 0 Å². The second-order valence-electron chi connectivity index (χ2n) is 0.353. The van der Waals surface area contributed by atoms with E-state index in [9.17, 15) is 4.21 Å². The number of hydrogen-bond donors (Lipinski definition) is 2. The monoisotopic (exact) mass is 132 g/mol. The minimum atomic E-state index is -2.42. The Hall–Kier alpha value is -0.0500. The van der Waals surface area contributed by atoms with Crippen LogP contribution in [0.25, 0.3) is 0 Å². The highest BCUT2D eigenvalue weighted by atomic mass is 32.2. The van der Waals surface area contributed by atoms with Crippen molar-refractivity contribution < 1.29 is 28.9 Å². The molecular weight excluding hydrogens is 128 g/mol. The number of hydrogen-bond acceptors (Lipinski definition) is 5. The van der Waals surface area contributed by atoms with Crippen molar-refractivity contribution >= 4 is 11.4 Å². The Morgan fingerprint density at radius 2 is 1.57 bits per heavy atom. The second-order valence-corrected chi connectivity index (χ2v) is 1.06. The van der Waals surface area contributed by atoms with Crippen molar-refractivity contribution in [2.45, 2.75) is 0 Å². The molecule has 0 aliphatic rings. The summed E-state index contributed by atoms with van der Waals surface area (Å²) >= 11 is -2.42. The van der Waals surface area contributed by atoms with E-state index in [-0.39, 0.29) is 5.48 Å². The molecule has 0 bridgehead atoms. The van der Waals surface area contributed by atoms with Gasteiger partial charge in [0.2, 0.25) is 0 Å². The highest BCUT2D eigenvalue weighted by Crippen LogP contribution is 1.75. The zero-order valence-electron chi connectivity index (χ0n) is 3.03. The topological polar surface area (TPSA) is 107 Å². The van der Waals surface area contributed by atoms with Gasteiger partial charge in [-0.1, -0.05) is 0 Å². The third kappa shape index (κ3) is 5.95. The largest absolute Gasteiger partial charge is 0.412 e. The predicted octanol–water partition coefficient (Wildman–Crippen LogP) is -1.28. The molecule has 7 heteroatoms. The third-order valence-corrected chi connectivity index (χ3v) is 0.365. The Kier molecular flexibility index (Phi) is 8.54. The molecule has 0 rings (SSSR count). The molecule has 6 nitrogen and oxygen atoms in total. The van der Waals surface area contributed by atoms with Gasteiger partial charge in [0.25, 0.3) is 0 Å². The van der Waals surface area contributed by atoms with Gasteiger partial charge >= 0.3 is 11.4 Å². The van der Waals surface area contributed by atoms with Crippen LogP contribution in [0.5, 0.6) is 0 Å². The van der Waals surface area contributed by atoms with E-state index < -0.39 is 11.4 Å². The Labute approximate surface area is 41.3 Å². The minimum absolute atomic E-state index is 0. The van der Waals surface area contributed by atoms with Crippen LogP contribution in [0.1, 0.15) is 0 Å². The second kappa shape index (κ2) is 5.95. The van der Waals surface area contributed by atoms with Crippen LogP contribution in [0.4, 0.5) is 0 Å². The van der Waals surface area contributed by atoms with E-state index in [0.717, 1.165) is 0 Å². The fraction of sp³-hybridized carbons (Fsp3) is 0. The summed E-state index contributed by atoms with van der Waals surface area (Å²) in [4.78, 5) is 0. The van der Waals surface area contributed by atoms with Crippen molar-refractivity contribution in [3.63, 3.8) is 0 Å². The Morgan fingerprint density at radius 3 is 1.57 bits per heavy atom. The summed E-state index contributed by atoms with van der Waals surface area (Å²) in [5.74, 6) is 0. The van der Waals surface area contributed by atoms with Gasteiger partial charge in [-0.05, 0) is 0 Å².